The molecule has 1 saturated carbocycles. The van der Waals surface area contributed by atoms with Gasteiger partial charge in [-0.2, -0.15) is 24.7 Å². The van der Waals surface area contributed by atoms with Crippen molar-refractivity contribution in [3.8, 4) is 5.95 Å². The van der Waals surface area contributed by atoms with Gasteiger partial charge in [0.05, 0.1) is 6.61 Å². The van der Waals surface area contributed by atoms with Crippen LogP contribution < -0.4 is 4.90 Å². The molecule has 0 saturated heterocycles. The van der Waals surface area contributed by atoms with E-state index in [2.05, 4.69) is 29.9 Å². The molecule has 106 valence electrons. The number of hydrogen-bond acceptors (Lipinski definition) is 7. The topological polar surface area (TPSA) is 81.9 Å². The molecule has 2 heterocycles. The van der Waals surface area contributed by atoms with Crippen LogP contribution in [-0.4, -0.2) is 56.0 Å². The predicted octanol–water partition coefficient (Wildman–Crippen LogP) is 0.721. The van der Waals surface area contributed by atoms with Crippen molar-refractivity contribution in [1.29, 1.82) is 0 Å². The molecule has 0 aliphatic heterocycles. The van der Waals surface area contributed by atoms with Gasteiger partial charge in [-0.25, -0.2) is 4.98 Å². The molecule has 1 fully saturated rings. The molecule has 0 amide bonds. The molecule has 0 spiro atoms. The highest BCUT2D eigenvalue weighted by Gasteiger charge is 2.31. The number of nitrogens with zero attached hydrogens (tertiary/aromatic N) is 7. The molecule has 2 aromatic rings. The van der Waals surface area contributed by atoms with Gasteiger partial charge in [-0.05, 0) is 24.4 Å². The van der Waals surface area contributed by atoms with Gasteiger partial charge in [-0.1, -0.05) is 0 Å². The maximum absolute atomic E-state index is 5.99. The zero-order valence-corrected chi connectivity index (χ0v) is 11.7. The molecule has 3 rings (SSSR count). The van der Waals surface area contributed by atoms with Crippen LogP contribution in [0.2, 0.25) is 5.28 Å². The van der Waals surface area contributed by atoms with E-state index in [1.54, 1.807) is 7.11 Å². The van der Waals surface area contributed by atoms with E-state index in [9.17, 15) is 0 Å². The van der Waals surface area contributed by atoms with Gasteiger partial charge in [-0.3, -0.25) is 0 Å². The third-order valence-electron chi connectivity index (χ3n) is 2.99. The molecular weight excluding hydrogens is 282 g/mol. The zero-order valence-electron chi connectivity index (χ0n) is 11.0. The van der Waals surface area contributed by atoms with Crippen molar-refractivity contribution in [1.82, 2.24) is 29.7 Å². The van der Waals surface area contributed by atoms with Crippen molar-refractivity contribution in [2.45, 2.75) is 18.9 Å². The molecule has 1 aliphatic rings. The van der Waals surface area contributed by atoms with E-state index in [1.807, 2.05) is 0 Å². The highest BCUT2D eigenvalue weighted by molar-refractivity contribution is 6.28. The highest BCUT2D eigenvalue weighted by atomic mass is 35.5. The molecular formula is C11H14ClN7O. The van der Waals surface area contributed by atoms with Gasteiger partial charge in [0.2, 0.25) is 11.2 Å². The highest BCUT2D eigenvalue weighted by Crippen LogP contribution is 2.30. The van der Waals surface area contributed by atoms with E-state index in [1.165, 1.54) is 17.3 Å². The van der Waals surface area contributed by atoms with E-state index in [0.717, 1.165) is 19.4 Å². The first-order valence-electron chi connectivity index (χ1n) is 6.30. The number of aromatic nitrogens is 6. The maximum atomic E-state index is 5.99. The second-order valence-corrected chi connectivity index (χ2v) is 4.80. The zero-order chi connectivity index (χ0) is 13.9. The Morgan fingerprint density at radius 1 is 1.40 bits per heavy atom. The van der Waals surface area contributed by atoms with Gasteiger partial charge in [0.15, 0.2) is 0 Å². The molecule has 2 aromatic heterocycles. The Hall–Kier alpha value is -1.80. The van der Waals surface area contributed by atoms with Crippen LogP contribution in [0.15, 0.2) is 12.7 Å². The Morgan fingerprint density at radius 3 is 2.90 bits per heavy atom. The van der Waals surface area contributed by atoms with E-state index in [-0.39, 0.29) is 5.28 Å². The number of ether oxygens (including phenoxy) is 1. The Morgan fingerprint density at radius 2 is 2.25 bits per heavy atom. The van der Waals surface area contributed by atoms with E-state index in [0.29, 0.717) is 24.5 Å². The Balaban J connectivity index is 1.91. The molecule has 9 heteroatoms. The SMILES string of the molecule is COCCN(c1nc(Cl)nc(-n2cncn2)n1)C1CC1. The van der Waals surface area contributed by atoms with Crippen LogP contribution in [-0.2, 0) is 4.74 Å². The van der Waals surface area contributed by atoms with Crippen molar-refractivity contribution in [3.63, 3.8) is 0 Å². The van der Waals surface area contributed by atoms with Crippen LogP contribution in [0.25, 0.3) is 5.95 Å². The first-order chi connectivity index (χ1) is 9.78. The molecule has 8 nitrogen and oxygen atoms in total. The molecule has 0 unspecified atom stereocenters. The second-order valence-electron chi connectivity index (χ2n) is 4.46. The van der Waals surface area contributed by atoms with Crippen molar-refractivity contribution >= 4 is 17.5 Å². The third-order valence-corrected chi connectivity index (χ3v) is 3.16. The van der Waals surface area contributed by atoms with E-state index >= 15 is 0 Å². The van der Waals surface area contributed by atoms with Crippen molar-refractivity contribution in [3.05, 3.63) is 17.9 Å². The summed E-state index contributed by atoms with van der Waals surface area (Å²) in [5.41, 5.74) is 0. The van der Waals surface area contributed by atoms with Crippen LogP contribution in [0.1, 0.15) is 12.8 Å². The van der Waals surface area contributed by atoms with Gasteiger partial charge >= 0.3 is 0 Å². The number of hydrogen-bond donors (Lipinski definition) is 0. The third kappa shape index (κ3) is 2.86. The summed E-state index contributed by atoms with van der Waals surface area (Å²) in [4.78, 5) is 18.7. The average Bonchev–Trinajstić information content (AvgIpc) is 3.12. The Labute approximate surface area is 120 Å². The van der Waals surface area contributed by atoms with Crippen LogP contribution in [0.5, 0.6) is 0 Å². The average molecular weight is 296 g/mol. The molecule has 0 atom stereocenters. The van der Waals surface area contributed by atoms with Crippen LogP contribution in [0, 0.1) is 0 Å². The van der Waals surface area contributed by atoms with E-state index < -0.39 is 0 Å². The molecule has 0 radical (unpaired) electrons. The first kappa shape index (κ1) is 13.2. The summed E-state index contributed by atoms with van der Waals surface area (Å²) in [6.07, 6.45) is 5.20. The molecule has 0 aromatic carbocycles. The number of anilines is 1. The molecule has 0 bridgehead atoms. The normalized spacial score (nSPS) is 14.5. The van der Waals surface area contributed by atoms with Gasteiger partial charge in [0.1, 0.15) is 12.7 Å². The molecule has 0 N–H and O–H groups in total. The van der Waals surface area contributed by atoms with Gasteiger partial charge in [0, 0.05) is 19.7 Å². The fraction of sp³-hybridized carbons (Fsp3) is 0.545. The van der Waals surface area contributed by atoms with Crippen molar-refractivity contribution in [2.75, 3.05) is 25.2 Å². The number of methoxy groups -OCH3 is 1. The summed E-state index contributed by atoms with van der Waals surface area (Å²) < 4.78 is 6.59. The van der Waals surface area contributed by atoms with Crippen LogP contribution in [0.4, 0.5) is 5.95 Å². The Kier molecular flexibility index (Phi) is 3.75. The molecule has 1 aliphatic carbocycles. The predicted molar refractivity (Wildman–Crippen MR) is 72.0 cm³/mol. The summed E-state index contributed by atoms with van der Waals surface area (Å²) in [6.45, 7) is 1.33. The summed E-state index contributed by atoms with van der Waals surface area (Å²) >= 11 is 5.99. The summed E-state index contributed by atoms with van der Waals surface area (Å²) in [7, 11) is 1.67. The minimum absolute atomic E-state index is 0.142. The summed E-state index contributed by atoms with van der Waals surface area (Å²) in [6, 6.07) is 0.451. The maximum Gasteiger partial charge on any atom is 0.258 e. The van der Waals surface area contributed by atoms with Gasteiger partial charge < -0.3 is 9.64 Å². The smallest absolute Gasteiger partial charge is 0.258 e. The van der Waals surface area contributed by atoms with Crippen LogP contribution in [0.3, 0.4) is 0 Å². The fourth-order valence-corrected chi connectivity index (χ4v) is 2.04. The molecule has 20 heavy (non-hydrogen) atoms. The summed E-state index contributed by atoms with van der Waals surface area (Å²) in [5.74, 6) is 0.913. The van der Waals surface area contributed by atoms with Crippen molar-refractivity contribution < 1.29 is 4.74 Å². The lowest BCUT2D eigenvalue weighted by atomic mass is 10.5. The largest absolute Gasteiger partial charge is 0.383 e. The fourth-order valence-electron chi connectivity index (χ4n) is 1.89. The monoisotopic (exact) mass is 295 g/mol. The Bertz CT molecular complexity index is 572. The first-order valence-corrected chi connectivity index (χ1v) is 6.68. The van der Waals surface area contributed by atoms with Gasteiger partial charge in [-0.15, -0.1) is 0 Å². The van der Waals surface area contributed by atoms with Crippen molar-refractivity contribution in [2.24, 2.45) is 0 Å². The number of halogens is 1. The quantitative estimate of drug-likeness (QED) is 0.776. The lowest BCUT2D eigenvalue weighted by molar-refractivity contribution is 0.204. The minimum Gasteiger partial charge on any atom is -0.383 e. The lowest BCUT2D eigenvalue weighted by Gasteiger charge is -2.21. The summed E-state index contributed by atoms with van der Waals surface area (Å²) in [5, 5.41) is 4.14. The van der Waals surface area contributed by atoms with Crippen LogP contribution >= 0.6 is 11.6 Å². The minimum atomic E-state index is 0.142. The standard InChI is InChI=1S/C11H14ClN7O/c1-20-5-4-18(8-2-3-8)10-15-9(12)16-11(17-10)19-7-13-6-14-19/h6-8H,2-5H2,1H3. The number of rotatable bonds is 6. The second kappa shape index (κ2) is 5.68. The van der Waals surface area contributed by atoms with E-state index in [4.69, 9.17) is 16.3 Å². The lowest BCUT2D eigenvalue weighted by Crippen LogP contribution is -2.31. The van der Waals surface area contributed by atoms with Gasteiger partial charge in [0.25, 0.3) is 5.95 Å².